The quantitative estimate of drug-likeness (QED) is 0.371. The molecule has 2 aromatic rings. The fourth-order valence-electron chi connectivity index (χ4n) is 4.52. The summed E-state index contributed by atoms with van der Waals surface area (Å²) in [6.45, 7) is 3.59. The number of aliphatic carboxylic acids is 1. The van der Waals surface area contributed by atoms with Gasteiger partial charge in [0.1, 0.15) is 18.1 Å². The van der Waals surface area contributed by atoms with Crippen molar-refractivity contribution in [3.63, 3.8) is 0 Å². The number of benzene rings is 2. The number of carboxylic acids is 1. The van der Waals surface area contributed by atoms with Crippen molar-refractivity contribution in [3.05, 3.63) is 54.1 Å². The molecule has 0 saturated heterocycles. The van der Waals surface area contributed by atoms with Crippen LogP contribution in [0.15, 0.2) is 48.5 Å². The minimum Gasteiger partial charge on any atom is -0.495 e. The smallest absolute Gasteiger partial charge is 0.333 e. The summed E-state index contributed by atoms with van der Waals surface area (Å²) in [5.74, 6) is 0.989. The summed E-state index contributed by atoms with van der Waals surface area (Å²) < 4.78 is 16.6. The van der Waals surface area contributed by atoms with Gasteiger partial charge in [-0.3, -0.25) is 0 Å². The molecule has 1 unspecified atom stereocenters. The van der Waals surface area contributed by atoms with Gasteiger partial charge in [0.05, 0.1) is 19.3 Å². The van der Waals surface area contributed by atoms with E-state index in [1.54, 1.807) is 18.9 Å². The Kier molecular flexibility index (Phi) is 10.9. The second kappa shape index (κ2) is 14.3. The summed E-state index contributed by atoms with van der Waals surface area (Å²) in [6.07, 6.45) is 5.43. The van der Waals surface area contributed by atoms with E-state index in [0.29, 0.717) is 55.8 Å². The zero-order chi connectivity index (χ0) is 25.8. The maximum absolute atomic E-state index is 13.1. The van der Waals surface area contributed by atoms with Gasteiger partial charge in [0.15, 0.2) is 6.10 Å². The fraction of sp³-hybridized carbons (Fsp3) is 0.500. The summed E-state index contributed by atoms with van der Waals surface area (Å²) in [4.78, 5) is 26.2. The Balaban J connectivity index is 1.56. The van der Waals surface area contributed by atoms with Crippen LogP contribution in [0.25, 0.3) is 0 Å². The fourth-order valence-corrected chi connectivity index (χ4v) is 4.52. The number of anilines is 1. The molecule has 196 valence electrons. The number of nitrogens with one attached hydrogen (secondary N) is 1. The van der Waals surface area contributed by atoms with Crippen LogP contribution in [0.5, 0.6) is 11.5 Å². The van der Waals surface area contributed by atoms with Gasteiger partial charge in [-0.2, -0.15) is 0 Å². The van der Waals surface area contributed by atoms with E-state index >= 15 is 0 Å². The highest BCUT2D eigenvalue weighted by atomic mass is 16.5. The minimum atomic E-state index is -0.971. The Bertz CT molecular complexity index is 959. The van der Waals surface area contributed by atoms with E-state index in [1.165, 1.54) is 25.7 Å². The molecule has 0 aliphatic heterocycles. The molecular formula is C28H38N2O6. The Morgan fingerprint density at radius 1 is 1.08 bits per heavy atom. The lowest BCUT2D eigenvalue weighted by Crippen LogP contribution is -2.39. The van der Waals surface area contributed by atoms with E-state index in [2.05, 4.69) is 5.32 Å². The molecular weight excluding hydrogens is 460 g/mol. The number of hydrogen-bond acceptors (Lipinski definition) is 5. The van der Waals surface area contributed by atoms with Gasteiger partial charge in [0.25, 0.3) is 0 Å². The molecule has 1 aliphatic carbocycles. The van der Waals surface area contributed by atoms with E-state index in [4.69, 9.17) is 14.2 Å². The number of carbonyl (C=O) groups is 2. The van der Waals surface area contributed by atoms with E-state index in [1.807, 2.05) is 48.5 Å². The lowest BCUT2D eigenvalue weighted by atomic mass is 10.0. The van der Waals surface area contributed by atoms with Crippen molar-refractivity contribution in [2.45, 2.75) is 51.6 Å². The average molecular weight is 499 g/mol. The Hall–Kier alpha value is -3.26. The molecule has 2 N–H and O–H groups in total. The predicted molar refractivity (Wildman–Crippen MR) is 139 cm³/mol. The van der Waals surface area contributed by atoms with Crippen LogP contribution >= 0.6 is 0 Å². The Labute approximate surface area is 213 Å². The van der Waals surface area contributed by atoms with Gasteiger partial charge in [-0.05, 0) is 49.1 Å². The van der Waals surface area contributed by atoms with E-state index in [-0.39, 0.29) is 6.03 Å². The third kappa shape index (κ3) is 8.45. The molecule has 1 aliphatic rings. The molecule has 2 amide bonds. The van der Waals surface area contributed by atoms with Gasteiger partial charge in [-0.1, -0.05) is 49.9 Å². The molecule has 8 heteroatoms. The summed E-state index contributed by atoms with van der Waals surface area (Å²) in [5.41, 5.74) is 1.50. The first kappa shape index (κ1) is 27.3. The molecule has 0 spiro atoms. The number of ether oxygens (including phenoxy) is 3. The standard InChI is InChI=1S/C28H38N2O6/c1-3-35-26(27(31)32)20-22-12-14-23(15-13-22)36-19-18-30(17-16-21-8-4-5-9-21)28(33)29-24-10-6-7-11-25(24)34-2/h6-7,10-15,21,26H,3-5,8-9,16-20H2,1-2H3,(H,29,33)(H,31,32). The van der Waals surface area contributed by atoms with Gasteiger partial charge < -0.3 is 29.5 Å². The summed E-state index contributed by atoms with van der Waals surface area (Å²) >= 11 is 0. The molecule has 0 bridgehead atoms. The van der Waals surface area contributed by atoms with Crippen molar-refractivity contribution in [1.29, 1.82) is 0 Å². The summed E-state index contributed by atoms with van der Waals surface area (Å²) in [6, 6.07) is 14.5. The van der Waals surface area contributed by atoms with Gasteiger partial charge in [-0.25, -0.2) is 9.59 Å². The molecule has 0 heterocycles. The lowest BCUT2D eigenvalue weighted by molar-refractivity contribution is -0.149. The minimum absolute atomic E-state index is 0.174. The number of rotatable bonds is 14. The first-order chi connectivity index (χ1) is 17.5. The third-order valence-electron chi connectivity index (χ3n) is 6.54. The van der Waals surface area contributed by atoms with Crippen molar-refractivity contribution in [2.24, 2.45) is 5.92 Å². The molecule has 2 aromatic carbocycles. The van der Waals surface area contributed by atoms with Crippen LogP contribution in [0, 0.1) is 5.92 Å². The Morgan fingerprint density at radius 2 is 1.81 bits per heavy atom. The van der Waals surface area contributed by atoms with Crippen molar-refractivity contribution < 1.29 is 28.9 Å². The van der Waals surface area contributed by atoms with Gasteiger partial charge in [0, 0.05) is 19.6 Å². The molecule has 0 aromatic heterocycles. The molecule has 1 atom stereocenters. The second-order valence-electron chi connectivity index (χ2n) is 9.04. The molecule has 36 heavy (non-hydrogen) atoms. The molecule has 1 fully saturated rings. The SMILES string of the molecule is CCOC(Cc1ccc(OCCN(CCC2CCCC2)C(=O)Nc2ccccc2OC)cc1)C(=O)O. The monoisotopic (exact) mass is 498 g/mol. The topological polar surface area (TPSA) is 97.3 Å². The van der Waals surface area contributed by atoms with Gasteiger partial charge in [-0.15, -0.1) is 0 Å². The third-order valence-corrected chi connectivity index (χ3v) is 6.54. The van der Waals surface area contributed by atoms with Crippen LogP contribution < -0.4 is 14.8 Å². The summed E-state index contributed by atoms with van der Waals surface area (Å²) in [7, 11) is 1.58. The largest absolute Gasteiger partial charge is 0.495 e. The van der Waals surface area contributed by atoms with Crippen LogP contribution in [-0.2, 0) is 16.0 Å². The van der Waals surface area contributed by atoms with Crippen LogP contribution in [0.2, 0.25) is 0 Å². The van der Waals surface area contributed by atoms with E-state index < -0.39 is 12.1 Å². The highest BCUT2D eigenvalue weighted by Crippen LogP contribution is 2.28. The van der Waals surface area contributed by atoms with Crippen LogP contribution in [0.3, 0.4) is 0 Å². The second-order valence-corrected chi connectivity index (χ2v) is 9.04. The number of carbonyl (C=O) groups excluding carboxylic acids is 1. The van der Waals surface area contributed by atoms with E-state index in [9.17, 15) is 14.7 Å². The van der Waals surface area contributed by atoms with Gasteiger partial charge >= 0.3 is 12.0 Å². The molecule has 1 saturated carbocycles. The number of hydrogen-bond donors (Lipinski definition) is 2. The molecule has 0 radical (unpaired) electrons. The number of amides is 2. The Morgan fingerprint density at radius 3 is 2.47 bits per heavy atom. The zero-order valence-corrected chi connectivity index (χ0v) is 21.3. The molecule has 8 nitrogen and oxygen atoms in total. The van der Waals surface area contributed by atoms with Crippen LogP contribution in [0.1, 0.15) is 44.6 Å². The highest BCUT2D eigenvalue weighted by molar-refractivity contribution is 5.91. The number of methoxy groups -OCH3 is 1. The maximum atomic E-state index is 13.1. The summed E-state index contributed by atoms with van der Waals surface area (Å²) in [5, 5.41) is 12.3. The first-order valence-corrected chi connectivity index (χ1v) is 12.7. The number of nitrogens with zero attached hydrogens (tertiary/aromatic N) is 1. The van der Waals surface area contributed by atoms with Crippen molar-refractivity contribution in [3.8, 4) is 11.5 Å². The predicted octanol–water partition coefficient (Wildman–Crippen LogP) is 5.22. The highest BCUT2D eigenvalue weighted by Gasteiger charge is 2.21. The van der Waals surface area contributed by atoms with Gasteiger partial charge in [0.2, 0.25) is 0 Å². The maximum Gasteiger partial charge on any atom is 0.333 e. The van der Waals surface area contributed by atoms with Crippen molar-refractivity contribution >= 4 is 17.7 Å². The lowest BCUT2D eigenvalue weighted by Gasteiger charge is -2.25. The number of para-hydroxylation sites is 2. The number of carboxylic acid groups (broad SMARTS) is 1. The zero-order valence-electron chi connectivity index (χ0n) is 21.3. The van der Waals surface area contributed by atoms with Crippen molar-refractivity contribution in [1.82, 2.24) is 4.90 Å². The van der Waals surface area contributed by atoms with E-state index in [0.717, 1.165) is 12.0 Å². The van der Waals surface area contributed by atoms with Crippen LogP contribution in [0.4, 0.5) is 10.5 Å². The molecule has 3 rings (SSSR count). The normalized spacial score (nSPS) is 14.3. The number of urea groups is 1. The van der Waals surface area contributed by atoms with Crippen molar-refractivity contribution in [2.75, 3.05) is 38.7 Å². The first-order valence-electron chi connectivity index (χ1n) is 12.7. The average Bonchev–Trinajstić information content (AvgIpc) is 3.40. The van der Waals surface area contributed by atoms with Crippen LogP contribution in [-0.4, -0.2) is 61.5 Å².